The summed E-state index contributed by atoms with van der Waals surface area (Å²) < 4.78 is 4.79. The lowest BCUT2D eigenvalue weighted by Crippen LogP contribution is -2.40. The number of aromatic nitrogens is 2. The largest absolute Gasteiger partial charge is 0.481 e. The van der Waals surface area contributed by atoms with Gasteiger partial charge < -0.3 is 20.3 Å². The lowest BCUT2D eigenvalue weighted by Gasteiger charge is -2.14. The van der Waals surface area contributed by atoms with Crippen LogP contribution in [0.5, 0.6) is 0 Å². The number of amides is 2. The maximum absolute atomic E-state index is 11.6. The summed E-state index contributed by atoms with van der Waals surface area (Å²) in [4.78, 5) is 26.3. The third-order valence-electron chi connectivity index (χ3n) is 3.05. The van der Waals surface area contributed by atoms with Crippen molar-refractivity contribution in [3.05, 3.63) is 11.7 Å². The molecule has 8 heteroatoms. The molecule has 3 N–H and O–H groups in total. The normalized spacial score (nSPS) is 13.5. The Hall–Kier alpha value is -2.12. The Bertz CT molecular complexity index is 474. The number of aliphatic carboxylic acids is 1. The minimum absolute atomic E-state index is 0.0296. The van der Waals surface area contributed by atoms with Crippen LogP contribution < -0.4 is 10.6 Å². The van der Waals surface area contributed by atoms with Crippen molar-refractivity contribution in [3.63, 3.8) is 0 Å². The third kappa shape index (κ3) is 6.73. The fourth-order valence-corrected chi connectivity index (χ4v) is 1.77. The highest BCUT2D eigenvalue weighted by Crippen LogP contribution is 2.09. The van der Waals surface area contributed by atoms with Gasteiger partial charge in [-0.3, -0.25) is 4.79 Å². The van der Waals surface area contributed by atoms with Gasteiger partial charge in [0.2, 0.25) is 5.89 Å². The van der Waals surface area contributed by atoms with Gasteiger partial charge in [-0.05, 0) is 19.8 Å². The first-order valence-electron chi connectivity index (χ1n) is 6.95. The van der Waals surface area contributed by atoms with Crippen molar-refractivity contribution in [1.29, 1.82) is 0 Å². The number of hydrogen-bond acceptors (Lipinski definition) is 5. The molecule has 1 heterocycles. The smallest absolute Gasteiger partial charge is 0.315 e. The van der Waals surface area contributed by atoms with Crippen LogP contribution in [0.1, 0.15) is 44.8 Å². The zero-order valence-corrected chi connectivity index (χ0v) is 12.5. The van der Waals surface area contributed by atoms with Gasteiger partial charge in [-0.25, -0.2) is 4.79 Å². The molecule has 2 atom stereocenters. The van der Waals surface area contributed by atoms with Gasteiger partial charge in [-0.15, -0.1) is 0 Å². The number of carbonyl (C=O) groups is 2. The van der Waals surface area contributed by atoms with Crippen molar-refractivity contribution < 1.29 is 19.2 Å². The van der Waals surface area contributed by atoms with Crippen molar-refractivity contribution in [3.8, 4) is 0 Å². The van der Waals surface area contributed by atoms with E-state index in [0.717, 1.165) is 12.8 Å². The SMILES string of the molecule is Cc1nc(CNC(=O)NC(C)CCCC(C)C(=O)O)no1. The predicted molar refractivity (Wildman–Crippen MR) is 74.5 cm³/mol. The second-order valence-corrected chi connectivity index (χ2v) is 5.13. The molecule has 118 valence electrons. The third-order valence-corrected chi connectivity index (χ3v) is 3.05. The highest BCUT2D eigenvalue weighted by atomic mass is 16.5. The number of carboxylic acids is 1. The summed E-state index contributed by atoms with van der Waals surface area (Å²) in [7, 11) is 0. The monoisotopic (exact) mass is 298 g/mol. The van der Waals surface area contributed by atoms with Gasteiger partial charge in [-0.1, -0.05) is 18.5 Å². The summed E-state index contributed by atoms with van der Waals surface area (Å²) >= 11 is 0. The Morgan fingerprint density at radius 2 is 2.05 bits per heavy atom. The highest BCUT2D eigenvalue weighted by molar-refractivity contribution is 5.74. The van der Waals surface area contributed by atoms with Crippen LogP contribution in [0.25, 0.3) is 0 Å². The Morgan fingerprint density at radius 1 is 1.33 bits per heavy atom. The zero-order valence-electron chi connectivity index (χ0n) is 12.5. The van der Waals surface area contributed by atoms with E-state index >= 15 is 0 Å². The standard InChI is InChI=1S/C13H22N4O4/c1-8(12(18)19)5-4-6-9(2)15-13(20)14-7-11-16-10(3)21-17-11/h8-9H,4-7H2,1-3H3,(H,18,19)(H2,14,15,20). The van der Waals surface area contributed by atoms with Crippen molar-refractivity contribution in [2.24, 2.45) is 5.92 Å². The fraction of sp³-hybridized carbons (Fsp3) is 0.692. The van der Waals surface area contributed by atoms with Gasteiger partial charge in [0.25, 0.3) is 0 Å². The number of nitrogens with one attached hydrogen (secondary N) is 2. The maximum Gasteiger partial charge on any atom is 0.315 e. The van der Waals surface area contributed by atoms with Crippen LogP contribution in [0.15, 0.2) is 4.52 Å². The molecule has 0 fully saturated rings. The van der Waals surface area contributed by atoms with E-state index in [1.807, 2.05) is 6.92 Å². The molecular formula is C13H22N4O4. The van der Waals surface area contributed by atoms with Crippen LogP contribution in [0.4, 0.5) is 4.79 Å². The van der Waals surface area contributed by atoms with Crippen molar-refractivity contribution >= 4 is 12.0 Å². The van der Waals surface area contributed by atoms with Crippen molar-refractivity contribution in [2.75, 3.05) is 0 Å². The first-order valence-corrected chi connectivity index (χ1v) is 6.95. The summed E-state index contributed by atoms with van der Waals surface area (Å²) in [6.45, 7) is 5.44. The molecule has 1 aromatic heterocycles. The Labute approximate surface area is 123 Å². The Balaban J connectivity index is 2.17. The summed E-state index contributed by atoms with van der Waals surface area (Å²) in [5.41, 5.74) is 0. The second-order valence-electron chi connectivity index (χ2n) is 5.13. The molecule has 0 saturated carbocycles. The molecule has 0 saturated heterocycles. The van der Waals surface area contributed by atoms with Crippen LogP contribution in [-0.4, -0.2) is 33.3 Å². The summed E-state index contributed by atoms with van der Waals surface area (Å²) in [6, 6.07) is -0.339. The van der Waals surface area contributed by atoms with E-state index in [1.54, 1.807) is 13.8 Å². The first-order chi connectivity index (χ1) is 9.88. The fourth-order valence-electron chi connectivity index (χ4n) is 1.77. The first kappa shape index (κ1) is 16.9. The van der Waals surface area contributed by atoms with E-state index in [1.165, 1.54) is 0 Å². The van der Waals surface area contributed by atoms with Gasteiger partial charge >= 0.3 is 12.0 Å². The van der Waals surface area contributed by atoms with Gasteiger partial charge in [-0.2, -0.15) is 4.98 Å². The van der Waals surface area contributed by atoms with Gasteiger partial charge in [0, 0.05) is 13.0 Å². The van der Waals surface area contributed by atoms with Crippen LogP contribution in [0.3, 0.4) is 0 Å². The van der Waals surface area contributed by atoms with Gasteiger partial charge in [0.05, 0.1) is 12.5 Å². The number of rotatable bonds is 8. The number of nitrogens with zero attached hydrogens (tertiary/aromatic N) is 2. The molecule has 2 unspecified atom stereocenters. The molecule has 0 bridgehead atoms. The molecular weight excluding hydrogens is 276 g/mol. The highest BCUT2D eigenvalue weighted by Gasteiger charge is 2.12. The zero-order chi connectivity index (χ0) is 15.8. The average Bonchev–Trinajstić information content (AvgIpc) is 2.82. The Morgan fingerprint density at radius 3 is 2.62 bits per heavy atom. The number of carbonyl (C=O) groups excluding carboxylic acids is 1. The molecule has 21 heavy (non-hydrogen) atoms. The van der Waals surface area contributed by atoms with Gasteiger partial charge in [0.1, 0.15) is 0 Å². The van der Waals surface area contributed by atoms with Crippen molar-refractivity contribution in [2.45, 2.75) is 52.6 Å². The average molecular weight is 298 g/mol. The molecule has 8 nitrogen and oxygen atoms in total. The summed E-state index contributed by atoms with van der Waals surface area (Å²) in [6.07, 6.45) is 2.08. The quantitative estimate of drug-likeness (QED) is 0.668. The lowest BCUT2D eigenvalue weighted by molar-refractivity contribution is -0.141. The van der Waals surface area contributed by atoms with E-state index in [0.29, 0.717) is 18.1 Å². The van der Waals surface area contributed by atoms with Crippen LogP contribution in [-0.2, 0) is 11.3 Å². The number of carboxylic acid groups (broad SMARTS) is 1. The predicted octanol–water partition coefficient (Wildman–Crippen LogP) is 1.46. The van der Waals surface area contributed by atoms with E-state index in [-0.39, 0.29) is 24.5 Å². The van der Waals surface area contributed by atoms with Gasteiger partial charge in [0.15, 0.2) is 5.82 Å². The Kier molecular flexibility index (Phi) is 6.64. The van der Waals surface area contributed by atoms with Crippen LogP contribution >= 0.6 is 0 Å². The number of urea groups is 1. The number of aryl methyl sites for hydroxylation is 1. The maximum atomic E-state index is 11.6. The molecule has 0 aliphatic rings. The molecule has 0 radical (unpaired) electrons. The van der Waals surface area contributed by atoms with Crippen molar-refractivity contribution in [1.82, 2.24) is 20.8 Å². The minimum Gasteiger partial charge on any atom is -0.481 e. The van der Waals surface area contributed by atoms with Crippen LogP contribution in [0, 0.1) is 12.8 Å². The van der Waals surface area contributed by atoms with E-state index < -0.39 is 5.97 Å². The van der Waals surface area contributed by atoms with E-state index in [2.05, 4.69) is 20.8 Å². The lowest BCUT2D eigenvalue weighted by atomic mass is 10.0. The molecule has 0 spiro atoms. The molecule has 0 aliphatic heterocycles. The molecule has 1 rings (SSSR count). The molecule has 2 amide bonds. The van der Waals surface area contributed by atoms with E-state index in [4.69, 9.17) is 9.63 Å². The number of hydrogen-bond donors (Lipinski definition) is 3. The summed E-state index contributed by atoms with van der Waals surface area (Å²) in [5, 5.41) is 17.8. The second kappa shape index (κ2) is 8.23. The molecule has 0 aliphatic carbocycles. The topological polar surface area (TPSA) is 117 Å². The van der Waals surface area contributed by atoms with E-state index in [9.17, 15) is 9.59 Å². The molecule has 1 aromatic rings. The molecule has 0 aromatic carbocycles. The minimum atomic E-state index is -0.788. The summed E-state index contributed by atoms with van der Waals surface area (Å²) in [5.74, 6) is -0.269. The van der Waals surface area contributed by atoms with Crippen LogP contribution in [0.2, 0.25) is 0 Å².